The third-order valence-corrected chi connectivity index (χ3v) is 2.54. The van der Waals surface area contributed by atoms with E-state index in [9.17, 15) is 5.11 Å². The van der Waals surface area contributed by atoms with Gasteiger partial charge in [-0.2, -0.15) is 0 Å². The second kappa shape index (κ2) is 4.97. The summed E-state index contributed by atoms with van der Waals surface area (Å²) < 4.78 is 0. The zero-order chi connectivity index (χ0) is 10.6. The first kappa shape index (κ1) is 11.0. The van der Waals surface area contributed by atoms with E-state index in [1.54, 1.807) is 0 Å². The zero-order valence-corrected chi connectivity index (χ0v) is 9.12. The van der Waals surface area contributed by atoms with Gasteiger partial charge in [0.05, 0.1) is 6.10 Å². The van der Waals surface area contributed by atoms with Crippen LogP contribution in [0.15, 0.2) is 41.5 Å². The molecule has 14 heavy (non-hydrogen) atoms. The van der Waals surface area contributed by atoms with E-state index >= 15 is 0 Å². The molecular formula is C13H18O. The van der Waals surface area contributed by atoms with Crippen LogP contribution >= 0.6 is 0 Å². The Kier molecular flexibility index (Phi) is 3.90. The van der Waals surface area contributed by atoms with Crippen molar-refractivity contribution in [3.05, 3.63) is 47.0 Å². The van der Waals surface area contributed by atoms with Gasteiger partial charge in [-0.1, -0.05) is 41.5 Å². The Balaban J connectivity index is 2.69. The van der Waals surface area contributed by atoms with Gasteiger partial charge in [-0.3, -0.25) is 0 Å². The van der Waals surface area contributed by atoms with Gasteiger partial charge in [0.1, 0.15) is 0 Å². The van der Waals surface area contributed by atoms with E-state index < -0.39 is 0 Å². The van der Waals surface area contributed by atoms with Gasteiger partial charge >= 0.3 is 0 Å². The van der Waals surface area contributed by atoms with E-state index in [0.29, 0.717) is 0 Å². The van der Waals surface area contributed by atoms with Crippen LogP contribution in [0.1, 0.15) is 38.9 Å². The average Bonchev–Trinajstić information content (AvgIpc) is 2.19. The molecule has 0 spiro atoms. The quantitative estimate of drug-likeness (QED) is 0.724. The van der Waals surface area contributed by atoms with Crippen molar-refractivity contribution in [2.45, 2.75) is 33.3 Å². The fourth-order valence-electron chi connectivity index (χ4n) is 1.29. The van der Waals surface area contributed by atoms with E-state index in [1.807, 2.05) is 30.3 Å². The second-order valence-electron chi connectivity index (χ2n) is 3.91. The Labute approximate surface area is 86.1 Å². The van der Waals surface area contributed by atoms with E-state index in [1.165, 1.54) is 11.1 Å². The normalized spacial score (nSPS) is 12.3. The van der Waals surface area contributed by atoms with Crippen molar-refractivity contribution in [2.24, 2.45) is 0 Å². The van der Waals surface area contributed by atoms with Crippen molar-refractivity contribution in [3.63, 3.8) is 0 Å². The molecule has 0 aliphatic carbocycles. The highest BCUT2D eigenvalue weighted by Crippen LogP contribution is 2.21. The molecular weight excluding hydrogens is 172 g/mol. The lowest BCUT2D eigenvalue weighted by molar-refractivity contribution is 0.178. The molecule has 0 aliphatic rings. The van der Waals surface area contributed by atoms with Crippen LogP contribution in [0, 0.1) is 0 Å². The average molecular weight is 190 g/mol. The molecule has 0 heterocycles. The summed E-state index contributed by atoms with van der Waals surface area (Å²) in [6, 6.07) is 9.79. The number of hydrogen-bond donors (Lipinski definition) is 1. The standard InChI is InChI=1S/C13H18O/c1-10(2)11(3)9-13(14)12-7-5-4-6-8-12/h4-8,13-14H,9H2,1-3H3. The minimum Gasteiger partial charge on any atom is -0.388 e. The SMILES string of the molecule is CC(C)=C(C)CC(O)c1ccccc1. The van der Waals surface area contributed by atoms with Crippen molar-refractivity contribution in [1.29, 1.82) is 0 Å². The predicted molar refractivity (Wildman–Crippen MR) is 60.1 cm³/mol. The molecule has 1 aromatic carbocycles. The Morgan fingerprint density at radius 3 is 2.21 bits per heavy atom. The lowest BCUT2D eigenvalue weighted by atomic mass is 10.00. The Morgan fingerprint density at radius 1 is 1.14 bits per heavy atom. The van der Waals surface area contributed by atoms with Crippen LogP contribution in [0.5, 0.6) is 0 Å². The van der Waals surface area contributed by atoms with Crippen LogP contribution in [0.2, 0.25) is 0 Å². The van der Waals surface area contributed by atoms with Gasteiger partial charge in [0.25, 0.3) is 0 Å². The topological polar surface area (TPSA) is 20.2 Å². The van der Waals surface area contributed by atoms with E-state index in [-0.39, 0.29) is 6.10 Å². The summed E-state index contributed by atoms with van der Waals surface area (Å²) in [5, 5.41) is 9.91. The second-order valence-corrected chi connectivity index (χ2v) is 3.91. The zero-order valence-electron chi connectivity index (χ0n) is 9.12. The summed E-state index contributed by atoms with van der Waals surface area (Å²) >= 11 is 0. The molecule has 1 rings (SSSR count). The van der Waals surface area contributed by atoms with Gasteiger partial charge in [-0.25, -0.2) is 0 Å². The molecule has 1 heteroatoms. The van der Waals surface area contributed by atoms with Gasteiger partial charge in [-0.15, -0.1) is 0 Å². The molecule has 1 N–H and O–H groups in total. The third kappa shape index (κ3) is 3.00. The first-order chi connectivity index (χ1) is 6.61. The minimum absolute atomic E-state index is 0.369. The van der Waals surface area contributed by atoms with Crippen molar-refractivity contribution in [2.75, 3.05) is 0 Å². The van der Waals surface area contributed by atoms with Crippen LogP contribution in [-0.2, 0) is 0 Å². The highest BCUT2D eigenvalue weighted by Gasteiger charge is 2.07. The summed E-state index contributed by atoms with van der Waals surface area (Å²) in [5.74, 6) is 0. The summed E-state index contributed by atoms with van der Waals surface area (Å²) in [4.78, 5) is 0. The Hall–Kier alpha value is -1.08. The Bertz CT molecular complexity index is 307. The molecule has 0 fully saturated rings. The summed E-state index contributed by atoms with van der Waals surface area (Å²) in [6.45, 7) is 6.22. The van der Waals surface area contributed by atoms with Crippen LogP contribution in [0.4, 0.5) is 0 Å². The van der Waals surface area contributed by atoms with E-state index in [4.69, 9.17) is 0 Å². The molecule has 0 aromatic heterocycles. The predicted octanol–water partition coefficient (Wildman–Crippen LogP) is 3.47. The monoisotopic (exact) mass is 190 g/mol. The molecule has 0 saturated carbocycles. The molecule has 76 valence electrons. The number of benzene rings is 1. The lowest BCUT2D eigenvalue weighted by Gasteiger charge is -2.12. The molecule has 1 aromatic rings. The molecule has 1 nitrogen and oxygen atoms in total. The minimum atomic E-state index is -0.369. The van der Waals surface area contributed by atoms with E-state index in [2.05, 4.69) is 20.8 Å². The Morgan fingerprint density at radius 2 is 1.71 bits per heavy atom. The maximum Gasteiger partial charge on any atom is 0.0827 e. The van der Waals surface area contributed by atoms with Gasteiger partial charge in [0.15, 0.2) is 0 Å². The van der Waals surface area contributed by atoms with Crippen LogP contribution in [0.3, 0.4) is 0 Å². The van der Waals surface area contributed by atoms with Crippen LogP contribution in [-0.4, -0.2) is 5.11 Å². The van der Waals surface area contributed by atoms with Crippen LogP contribution in [0.25, 0.3) is 0 Å². The van der Waals surface area contributed by atoms with Crippen molar-refractivity contribution < 1.29 is 5.11 Å². The summed E-state index contributed by atoms with van der Waals surface area (Å²) in [7, 11) is 0. The molecule has 1 atom stereocenters. The van der Waals surface area contributed by atoms with Crippen molar-refractivity contribution in [1.82, 2.24) is 0 Å². The van der Waals surface area contributed by atoms with E-state index in [0.717, 1.165) is 12.0 Å². The number of hydrogen-bond acceptors (Lipinski definition) is 1. The molecule has 1 unspecified atom stereocenters. The fraction of sp³-hybridized carbons (Fsp3) is 0.385. The molecule has 0 aliphatic heterocycles. The number of aliphatic hydroxyl groups is 1. The summed E-state index contributed by atoms with van der Waals surface area (Å²) in [6.07, 6.45) is 0.359. The van der Waals surface area contributed by atoms with Gasteiger partial charge < -0.3 is 5.11 Å². The highest BCUT2D eigenvalue weighted by molar-refractivity contribution is 5.20. The number of aliphatic hydroxyl groups excluding tert-OH is 1. The number of rotatable bonds is 3. The maximum absolute atomic E-state index is 9.91. The van der Waals surface area contributed by atoms with Crippen LogP contribution < -0.4 is 0 Å². The van der Waals surface area contributed by atoms with Gasteiger partial charge in [-0.05, 0) is 32.8 Å². The maximum atomic E-state index is 9.91. The number of allylic oxidation sites excluding steroid dienone is 1. The molecule has 0 radical (unpaired) electrons. The van der Waals surface area contributed by atoms with Crippen molar-refractivity contribution >= 4 is 0 Å². The fourth-order valence-corrected chi connectivity index (χ4v) is 1.29. The summed E-state index contributed by atoms with van der Waals surface area (Å²) in [5.41, 5.74) is 3.55. The van der Waals surface area contributed by atoms with Gasteiger partial charge in [0, 0.05) is 0 Å². The first-order valence-electron chi connectivity index (χ1n) is 4.97. The molecule has 0 bridgehead atoms. The largest absolute Gasteiger partial charge is 0.388 e. The molecule has 0 saturated heterocycles. The first-order valence-corrected chi connectivity index (χ1v) is 4.97. The lowest BCUT2D eigenvalue weighted by Crippen LogP contribution is -1.98. The van der Waals surface area contributed by atoms with Crippen molar-refractivity contribution in [3.8, 4) is 0 Å². The third-order valence-electron chi connectivity index (χ3n) is 2.54. The molecule has 0 amide bonds. The smallest absolute Gasteiger partial charge is 0.0827 e. The van der Waals surface area contributed by atoms with Gasteiger partial charge in [0.2, 0.25) is 0 Å². The highest BCUT2D eigenvalue weighted by atomic mass is 16.3.